The smallest absolute Gasteiger partial charge is 0.319 e. The van der Waals surface area contributed by atoms with Crippen LogP contribution in [0.4, 0.5) is 4.79 Å². The van der Waals surface area contributed by atoms with Crippen LogP contribution < -0.4 is 0 Å². The van der Waals surface area contributed by atoms with Crippen LogP contribution in [-0.4, -0.2) is 42.8 Å². The Kier molecular flexibility index (Phi) is 4.94. The Balaban J connectivity index is 2.08. The zero-order chi connectivity index (χ0) is 16.1. The van der Waals surface area contributed by atoms with Gasteiger partial charge in [0.1, 0.15) is 0 Å². The Bertz CT molecular complexity index is 649. The molecule has 22 heavy (non-hydrogen) atoms. The normalized spacial score (nSPS) is 10.1. The van der Waals surface area contributed by atoms with Gasteiger partial charge in [-0.2, -0.15) is 0 Å². The maximum absolute atomic E-state index is 12.3. The van der Waals surface area contributed by atoms with E-state index in [1.54, 1.807) is 50.3 Å². The third-order valence-electron chi connectivity index (χ3n) is 3.38. The molecular formula is C18H20N2O2. The molecule has 0 fully saturated rings. The van der Waals surface area contributed by atoms with Crippen molar-refractivity contribution in [1.82, 2.24) is 9.80 Å². The van der Waals surface area contributed by atoms with Crippen LogP contribution >= 0.6 is 0 Å². The number of hydrogen-bond donors (Lipinski definition) is 0. The average Bonchev–Trinajstić information content (AvgIpc) is 2.54. The predicted molar refractivity (Wildman–Crippen MR) is 86.9 cm³/mol. The molecule has 0 spiro atoms. The van der Waals surface area contributed by atoms with Crippen LogP contribution in [0.15, 0.2) is 54.6 Å². The van der Waals surface area contributed by atoms with E-state index in [0.717, 1.165) is 5.56 Å². The van der Waals surface area contributed by atoms with Crippen LogP contribution in [0.1, 0.15) is 21.5 Å². The molecule has 114 valence electrons. The summed E-state index contributed by atoms with van der Waals surface area (Å²) in [6.45, 7) is 0.511. The number of hydrogen-bond acceptors (Lipinski definition) is 2. The SMILES string of the molecule is CN(C)C(=O)N(C)Cc1ccc(C(=O)c2ccccc2)cc1. The Morgan fingerprint density at radius 3 is 1.91 bits per heavy atom. The Labute approximate surface area is 131 Å². The van der Waals surface area contributed by atoms with Crippen LogP contribution in [0, 0.1) is 0 Å². The highest BCUT2D eigenvalue weighted by Gasteiger charge is 2.12. The lowest BCUT2D eigenvalue weighted by atomic mass is 10.0. The van der Waals surface area contributed by atoms with E-state index in [9.17, 15) is 9.59 Å². The summed E-state index contributed by atoms with van der Waals surface area (Å²) in [4.78, 5) is 27.3. The fraction of sp³-hybridized carbons (Fsp3) is 0.222. The van der Waals surface area contributed by atoms with Gasteiger partial charge >= 0.3 is 6.03 Å². The number of benzene rings is 2. The second-order valence-corrected chi connectivity index (χ2v) is 5.43. The Hall–Kier alpha value is -2.62. The second-order valence-electron chi connectivity index (χ2n) is 5.43. The van der Waals surface area contributed by atoms with Crippen molar-refractivity contribution in [2.45, 2.75) is 6.54 Å². The van der Waals surface area contributed by atoms with Gasteiger partial charge < -0.3 is 9.80 Å². The molecule has 2 aromatic carbocycles. The molecule has 2 aromatic rings. The van der Waals surface area contributed by atoms with E-state index in [1.807, 2.05) is 30.3 Å². The lowest BCUT2D eigenvalue weighted by molar-refractivity contribution is 0.103. The molecule has 0 bridgehead atoms. The van der Waals surface area contributed by atoms with Crippen LogP contribution in [0.25, 0.3) is 0 Å². The van der Waals surface area contributed by atoms with Gasteiger partial charge in [-0.15, -0.1) is 0 Å². The summed E-state index contributed by atoms with van der Waals surface area (Å²) in [5, 5.41) is 0. The number of nitrogens with zero attached hydrogens (tertiary/aromatic N) is 2. The fourth-order valence-corrected chi connectivity index (χ4v) is 2.20. The van der Waals surface area contributed by atoms with E-state index in [2.05, 4.69) is 0 Å². The van der Waals surface area contributed by atoms with Crippen molar-refractivity contribution in [1.29, 1.82) is 0 Å². The summed E-state index contributed by atoms with van der Waals surface area (Å²) in [7, 11) is 5.20. The number of carbonyl (C=O) groups excluding carboxylic acids is 2. The van der Waals surface area contributed by atoms with Gasteiger partial charge in [0.25, 0.3) is 0 Å². The van der Waals surface area contributed by atoms with Gasteiger partial charge in [-0.3, -0.25) is 4.79 Å². The van der Waals surface area contributed by atoms with E-state index in [0.29, 0.717) is 17.7 Å². The molecular weight excluding hydrogens is 276 g/mol. The molecule has 0 unspecified atom stereocenters. The summed E-state index contributed by atoms with van der Waals surface area (Å²) in [5.74, 6) is 0.00451. The molecule has 0 aliphatic heterocycles. The first-order chi connectivity index (χ1) is 10.5. The van der Waals surface area contributed by atoms with Crippen LogP contribution in [0.2, 0.25) is 0 Å². The number of ketones is 1. The molecule has 0 aliphatic rings. The molecule has 0 saturated carbocycles. The van der Waals surface area contributed by atoms with Crippen molar-refractivity contribution in [3.05, 3.63) is 71.3 Å². The van der Waals surface area contributed by atoms with Crippen molar-refractivity contribution >= 4 is 11.8 Å². The fourth-order valence-electron chi connectivity index (χ4n) is 2.20. The van der Waals surface area contributed by atoms with Gasteiger partial charge in [0.15, 0.2) is 5.78 Å². The molecule has 0 N–H and O–H groups in total. The lowest BCUT2D eigenvalue weighted by Crippen LogP contribution is -2.35. The number of carbonyl (C=O) groups is 2. The van der Waals surface area contributed by atoms with Gasteiger partial charge in [-0.1, -0.05) is 54.6 Å². The molecule has 2 amide bonds. The molecule has 4 heteroatoms. The van der Waals surface area contributed by atoms with Crippen molar-refractivity contribution in [3.63, 3.8) is 0 Å². The molecule has 0 saturated heterocycles. The summed E-state index contributed by atoms with van der Waals surface area (Å²) < 4.78 is 0. The Morgan fingerprint density at radius 1 is 0.818 bits per heavy atom. The third-order valence-corrected chi connectivity index (χ3v) is 3.38. The first-order valence-corrected chi connectivity index (χ1v) is 7.10. The van der Waals surface area contributed by atoms with Gasteiger partial charge in [0, 0.05) is 38.8 Å². The topological polar surface area (TPSA) is 40.6 Å². The highest BCUT2D eigenvalue weighted by molar-refractivity contribution is 6.08. The number of urea groups is 1. The van der Waals surface area contributed by atoms with Crippen molar-refractivity contribution < 1.29 is 9.59 Å². The highest BCUT2D eigenvalue weighted by Crippen LogP contribution is 2.12. The number of rotatable bonds is 4. The first kappa shape index (κ1) is 15.8. The third kappa shape index (κ3) is 3.73. The minimum atomic E-state index is -0.0514. The van der Waals surface area contributed by atoms with Gasteiger partial charge in [-0.05, 0) is 5.56 Å². The van der Waals surface area contributed by atoms with E-state index >= 15 is 0 Å². The molecule has 2 rings (SSSR count). The van der Waals surface area contributed by atoms with E-state index in [-0.39, 0.29) is 11.8 Å². The van der Waals surface area contributed by atoms with Crippen molar-refractivity contribution in [2.75, 3.05) is 21.1 Å². The monoisotopic (exact) mass is 296 g/mol. The quantitative estimate of drug-likeness (QED) is 0.814. The zero-order valence-corrected chi connectivity index (χ0v) is 13.1. The molecule has 0 heterocycles. The lowest BCUT2D eigenvalue weighted by Gasteiger charge is -2.21. The standard InChI is InChI=1S/C18H20N2O2/c1-19(2)18(22)20(3)13-14-9-11-16(12-10-14)17(21)15-7-5-4-6-8-15/h4-12H,13H2,1-3H3. The second kappa shape index (κ2) is 6.89. The first-order valence-electron chi connectivity index (χ1n) is 7.10. The van der Waals surface area contributed by atoms with E-state index < -0.39 is 0 Å². The zero-order valence-electron chi connectivity index (χ0n) is 13.1. The summed E-state index contributed by atoms with van der Waals surface area (Å²) >= 11 is 0. The van der Waals surface area contributed by atoms with Gasteiger partial charge in [-0.25, -0.2) is 4.79 Å². The van der Waals surface area contributed by atoms with Crippen molar-refractivity contribution in [3.8, 4) is 0 Å². The summed E-state index contributed by atoms with van der Waals surface area (Å²) in [5.41, 5.74) is 2.31. The van der Waals surface area contributed by atoms with E-state index in [1.165, 1.54) is 4.90 Å². The average molecular weight is 296 g/mol. The minimum absolute atomic E-state index is 0.00451. The maximum Gasteiger partial charge on any atom is 0.319 e. The predicted octanol–water partition coefficient (Wildman–Crippen LogP) is 3.03. The van der Waals surface area contributed by atoms with Gasteiger partial charge in [0.05, 0.1) is 0 Å². The van der Waals surface area contributed by atoms with Gasteiger partial charge in [0.2, 0.25) is 0 Å². The summed E-state index contributed by atoms with van der Waals surface area (Å²) in [6.07, 6.45) is 0. The number of amides is 2. The molecule has 4 nitrogen and oxygen atoms in total. The minimum Gasteiger partial charge on any atom is -0.331 e. The molecule has 0 atom stereocenters. The van der Waals surface area contributed by atoms with Crippen LogP contribution in [0.5, 0.6) is 0 Å². The Morgan fingerprint density at radius 2 is 1.36 bits per heavy atom. The van der Waals surface area contributed by atoms with Crippen LogP contribution in [-0.2, 0) is 6.54 Å². The van der Waals surface area contributed by atoms with Crippen molar-refractivity contribution in [2.24, 2.45) is 0 Å². The van der Waals surface area contributed by atoms with Crippen LogP contribution in [0.3, 0.4) is 0 Å². The highest BCUT2D eigenvalue weighted by atomic mass is 16.2. The molecule has 0 aromatic heterocycles. The summed E-state index contributed by atoms with van der Waals surface area (Å²) in [6, 6.07) is 16.5. The largest absolute Gasteiger partial charge is 0.331 e. The molecule has 0 aliphatic carbocycles. The maximum atomic E-state index is 12.3. The van der Waals surface area contributed by atoms with E-state index in [4.69, 9.17) is 0 Å². The molecule has 0 radical (unpaired) electrons.